The molecule has 0 aliphatic rings. The van der Waals surface area contributed by atoms with E-state index in [2.05, 4.69) is 244 Å². The van der Waals surface area contributed by atoms with Crippen LogP contribution < -0.4 is 9.80 Å². The molecule has 0 aliphatic carbocycles. The van der Waals surface area contributed by atoms with E-state index in [4.69, 9.17) is 19.9 Å². The highest BCUT2D eigenvalue weighted by atomic mass is 15.2. The standard InChI is InChI=1S/C68H48N8/c1-45-23-42-66(70-43-45)74(52-36-40-54(41-37-52)76-64-21-11-5-15-58(64)59-16-6-12-22-65(59)76)51-32-27-48(28-33-51)68-67(71-60-17-7-8-18-61(60)72-68)47-25-30-49(31-26-47)73(55-29-24-46(2)69-44-55)50-34-38-53(39-35-50)75-62-19-9-3-13-56(62)57-14-4-10-20-63(57)75/h3-44H,1-2H3. The van der Waals surface area contributed by atoms with Crippen molar-refractivity contribution in [1.82, 2.24) is 29.1 Å². The van der Waals surface area contributed by atoms with Crippen molar-refractivity contribution in [2.45, 2.75) is 13.8 Å². The summed E-state index contributed by atoms with van der Waals surface area (Å²) in [7, 11) is 0. The fourth-order valence-electron chi connectivity index (χ4n) is 10.9. The fraction of sp³-hybridized carbons (Fsp3) is 0.0294. The molecule has 360 valence electrons. The molecule has 0 saturated carbocycles. The molecule has 14 rings (SSSR count). The van der Waals surface area contributed by atoms with Crippen LogP contribution in [0.15, 0.2) is 255 Å². The highest BCUT2D eigenvalue weighted by molar-refractivity contribution is 6.10. The number of benzene rings is 9. The molecule has 0 aliphatic heterocycles. The van der Waals surface area contributed by atoms with Crippen LogP contribution in [0.25, 0.3) is 88.5 Å². The van der Waals surface area contributed by atoms with Crippen LogP contribution in [-0.2, 0) is 0 Å². The molecule has 5 heterocycles. The van der Waals surface area contributed by atoms with Crippen molar-refractivity contribution < 1.29 is 0 Å². The van der Waals surface area contributed by atoms with Gasteiger partial charge in [0.2, 0.25) is 0 Å². The van der Waals surface area contributed by atoms with E-state index >= 15 is 0 Å². The van der Waals surface area contributed by atoms with Crippen LogP contribution in [0, 0.1) is 13.8 Å². The van der Waals surface area contributed by atoms with Crippen molar-refractivity contribution in [3.8, 4) is 33.9 Å². The summed E-state index contributed by atoms with van der Waals surface area (Å²) in [6.07, 6.45) is 3.87. The smallest absolute Gasteiger partial charge is 0.137 e. The quantitative estimate of drug-likeness (QED) is 0.136. The van der Waals surface area contributed by atoms with Gasteiger partial charge in [-0.3, -0.25) is 9.88 Å². The third kappa shape index (κ3) is 7.70. The summed E-state index contributed by atoms with van der Waals surface area (Å²) in [6, 6.07) is 85.8. The monoisotopic (exact) mass is 976 g/mol. The van der Waals surface area contributed by atoms with Gasteiger partial charge in [0.1, 0.15) is 5.82 Å². The molecule has 0 radical (unpaired) electrons. The van der Waals surface area contributed by atoms with Crippen LogP contribution in [0.5, 0.6) is 0 Å². The van der Waals surface area contributed by atoms with E-state index in [0.29, 0.717) is 0 Å². The molecule has 0 fully saturated rings. The van der Waals surface area contributed by atoms with Crippen LogP contribution in [0.4, 0.5) is 34.3 Å². The summed E-state index contributed by atoms with van der Waals surface area (Å²) >= 11 is 0. The van der Waals surface area contributed by atoms with Crippen molar-refractivity contribution in [3.05, 3.63) is 266 Å². The first-order valence-corrected chi connectivity index (χ1v) is 25.6. The van der Waals surface area contributed by atoms with E-state index in [1.54, 1.807) is 0 Å². The molecule has 0 amide bonds. The molecule has 9 aromatic carbocycles. The molecule has 76 heavy (non-hydrogen) atoms. The van der Waals surface area contributed by atoms with E-state index in [-0.39, 0.29) is 0 Å². The van der Waals surface area contributed by atoms with Crippen molar-refractivity contribution >= 4 is 88.9 Å². The number of anilines is 6. The minimum absolute atomic E-state index is 0.800. The molecule has 14 aromatic rings. The average Bonchev–Trinajstić information content (AvgIpc) is 4.06. The maximum absolute atomic E-state index is 5.32. The maximum Gasteiger partial charge on any atom is 0.137 e. The van der Waals surface area contributed by atoms with Gasteiger partial charge in [0.25, 0.3) is 0 Å². The minimum Gasteiger partial charge on any atom is -0.309 e. The molecule has 0 bridgehead atoms. The molecule has 0 N–H and O–H groups in total. The van der Waals surface area contributed by atoms with Crippen molar-refractivity contribution in [1.29, 1.82) is 0 Å². The Balaban J connectivity index is 0.819. The first-order chi connectivity index (χ1) is 37.5. The van der Waals surface area contributed by atoms with E-state index in [1.807, 2.05) is 43.6 Å². The van der Waals surface area contributed by atoms with Gasteiger partial charge in [-0.2, -0.15) is 0 Å². The predicted molar refractivity (Wildman–Crippen MR) is 314 cm³/mol. The molecule has 0 unspecified atom stereocenters. The van der Waals surface area contributed by atoms with Gasteiger partial charge in [-0.15, -0.1) is 0 Å². The summed E-state index contributed by atoms with van der Waals surface area (Å²) in [5.74, 6) is 0.823. The lowest BCUT2D eigenvalue weighted by Crippen LogP contribution is -2.11. The number of hydrogen-bond acceptors (Lipinski definition) is 6. The van der Waals surface area contributed by atoms with Crippen LogP contribution in [0.2, 0.25) is 0 Å². The number of rotatable bonds is 10. The Labute approximate surface area is 439 Å². The molecule has 0 saturated heterocycles. The summed E-state index contributed by atoms with van der Waals surface area (Å²) in [4.78, 5) is 24.8. The zero-order valence-corrected chi connectivity index (χ0v) is 41.8. The van der Waals surface area contributed by atoms with Crippen LogP contribution in [0.1, 0.15) is 11.3 Å². The number of aryl methyl sites for hydroxylation is 2. The largest absolute Gasteiger partial charge is 0.309 e. The Bertz CT molecular complexity index is 4050. The topological polar surface area (TPSA) is 67.9 Å². The number of fused-ring (bicyclic) bond motifs is 7. The number of nitrogens with zero attached hydrogens (tertiary/aromatic N) is 8. The second kappa shape index (κ2) is 18.4. The highest BCUT2D eigenvalue weighted by Crippen LogP contribution is 2.41. The van der Waals surface area contributed by atoms with Crippen molar-refractivity contribution in [2.24, 2.45) is 0 Å². The van der Waals surface area contributed by atoms with E-state index < -0.39 is 0 Å². The Kier molecular flexibility index (Phi) is 10.8. The number of aromatic nitrogens is 6. The van der Waals surface area contributed by atoms with Gasteiger partial charge in [0.05, 0.1) is 56.4 Å². The normalized spacial score (nSPS) is 11.6. The number of para-hydroxylation sites is 6. The summed E-state index contributed by atoms with van der Waals surface area (Å²) in [5.41, 5.74) is 19.1. The Morgan fingerprint density at radius 3 is 1.09 bits per heavy atom. The lowest BCUT2D eigenvalue weighted by molar-refractivity contribution is 1.15. The Morgan fingerprint density at radius 2 is 0.697 bits per heavy atom. The predicted octanol–water partition coefficient (Wildman–Crippen LogP) is 17.5. The van der Waals surface area contributed by atoms with E-state index in [0.717, 1.165) is 90.4 Å². The van der Waals surface area contributed by atoms with Gasteiger partial charge >= 0.3 is 0 Å². The highest BCUT2D eigenvalue weighted by Gasteiger charge is 2.21. The van der Waals surface area contributed by atoms with Crippen LogP contribution in [-0.4, -0.2) is 29.1 Å². The van der Waals surface area contributed by atoms with E-state index in [9.17, 15) is 0 Å². The average molecular weight is 977 g/mol. The maximum atomic E-state index is 5.32. The molecule has 0 atom stereocenters. The lowest BCUT2D eigenvalue weighted by Gasteiger charge is -2.26. The van der Waals surface area contributed by atoms with Gasteiger partial charge in [-0.25, -0.2) is 15.0 Å². The first-order valence-electron chi connectivity index (χ1n) is 25.6. The number of pyridine rings is 2. The summed E-state index contributed by atoms with van der Waals surface area (Å²) in [5, 5.41) is 4.95. The molecular weight excluding hydrogens is 929 g/mol. The second-order valence-electron chi connectivity index (χ2n) is 19.3. The van der Waals surface area contributed by atoms with Crippen LogP contribution >= 0.6 is 0 Å². The fourth-order valence-corrected chi connectivity index (χ4v) is 10.9. The van der Waals surface area contributed by atoms with Crippen LogP contribution in [0.3, 0.4) is 0 Å². The molecule has 0 spiro atoms. The zero-order chi connectivity index (χ0) is 50.7. The summed E-state index contributed by atoms with van der Waals surface area (Å²) < 4.78 is 4.69. The Morgan fingerprint density at radius 1 is 0.316 bits per heavy atom. The van der Waals surface area contributed by atoms with Gasteiger partial charge in [0.15, 0.2) is 0 Å². The third-order valence-corrected chi connectivity index (χ3v) is 14.5. The first kappa shape index (κ1) is 44.5. The molecule has 8 heteroatoms. The lowest BCUT2D eigenvalue weighted by atomic mass is 10.0. The Hall–Kier alpha value is -10.2. The van der Waals surface area contributed by atoms with E-state index in [1.165, 1.54) is 43.6 Å². The summed E-state index contributed by atoms with van der Waals surface area (Å²) in [6.45, 7) is 4.08. The zero-order valence-electron chi connectivity index (χ0n) is 41.8. The minimum atomic E-state index is 0.800. The van der Waals surface area contributed by atoms with Gasteiger partial charge < -0.3 is 14.0 Å². The van der Waals surface area contributed by atoms with Gasteiger partial charge in [-0.1, -0.05) is 115 Å². The molecule has 8 nitrogen and oxygen atoms in total. The number of hydrogen-bond donors (Lipinski definition) is 0. The van der Waals surface area contributed by atoms with Gasteiger partial charge in [0, 0.05) is 78.7 Å². The van der Waals surface area contributed by atoms with Crippen molar-refractivity contribution in [2.75, 3.05) is 9.80 Å². The third-order valence-electron chi connectivity index (χ3n) is 14.5. The SMILES string of the molecule is Cc1ccc(N(c2ccc(-c3nc4ccccc4nc3-c3ccc(N(c4ccc(-n5c6ccccc6c6ccccc65)cc4)c4ccc(C)nc4)cc3)cc2)c2ccc(-n3c4ccccc4c4ccccc43)cc2)nc1. The molecular formula is C68H48N8. The van der Waals surface area contributed by atoms with Crippen molar-refractivity contribution in [3.63, 3.8) is 0 Å². The van der Waals surface area contributed by atoms with Gasteiger partial charge in [-0.05, 0) is 147 Å². The second-order valence-corrected chi connectivity index (χ2v) is 19.3. The molecule has 5 aromatic heterocycles.